The molecule has 0 saturated heterocycles. The maximum absolute atomic E-state index is 10.9. The molecule has 2 heterocycles. The third-order valence-electron chi connectivity index (χ3n) is 4.18. The largest absolute Gasteiger partial charge is 0.481 e. The Hall–Kier alpha value is -1.50. The van der Waals surface area contributed by atoms with Crippen LogP contribution >= 0.6 is 11.3 Å². The second kappa shape index (κ2) is 4.00. The van der Waals surface area contributed by atoms with Crippen molar-refractivity contribution in [3.05, 3.63) is 10.8 Å². The fourth-order valence-corrected chi connectivity index (χ4v) is 4.00. The lowest BCUT2D eigenvalue weighted by molar-refractivity contribution is -0.138. The minimum Gasteiger partial charge on any atom is -0.481 e. The molecule has 0 radical (unpaired) electrons. The second-order valence-corrected chi connectivity index (χ2v) is 6.45. The predicted octanol–water partition coefficient (Wildman–Crippen LogP) is 2.03. The fourth-order valence-electron chi connectivity index (χ4n) is 2.98. The van der Waals surface area contributed by atoms with Crippen molar-refractivity contribution in [2.45, 2.75) is 43.9 Å². The van der Waals surface area contributed by atoms with Crippen LogP contribution in [-0.4, -0.2) is 30.9 Å². The zero-order valence-corrected chi connectivity index (χ0v) is 11.1. The molecule has 2 fully saturated rings. The van der Waals surface area contributed by atoms with Gasteiger partial charge in [-0.3, -0.25) is 4.79 Å². The molecule has 0 spiro atoms. The van der Waals surface area contributed by atoms with E-state index in [1.807, 2.05) is 4.52 Å². The Morgan fingerprint density at radius 1 is 1.32 bits per heavy atom. The summed E-state index contributed by atoms with van der Waals surface area (Å²) >= 11 is 1.48. The third-order valence-corrected chi connectivity index (χ3v) is 5.21. The standard InChI is InChI=1S/C12H14N4O2S/c17-11(18)8-5-7(8)10-15-16-9(6-3-1-2-4-6)13-14-12(16)19-10/h6-8H,1-5H2,(H,17,18). The highest BCUT2D eigenvalue weighted by atomic mass is 32.1. The van der Waals surface area contributed by atoms with Crippen molar-refractivity contribution in [2.24, 2.45) is 5.92 Å². The van der Waals surface area contributed by atoms with Crippen LogP contribution in [0.25, 0.3) is 4.96 Å². The van der Waals surface area contributed by atoms with Gasteiger partial charge in [-0.25, -0.2) is 0 Å². The van der Waals surface area contributed by atoms with Crippen molar-refractivity contribution in [2.75, 3.05) is 0 Å². The molecule has 100 valence electrons. The van der Waals surface area contributed by atoms with Gasteiger partial charge in [0.2, 0.25) is 4.96 Å². The number of carbonyl (C=O) groups is 1. The number of fused-ring (bicyclic) bond motifs is 1. The first-order valence-electron chi connectivity index (χ1n) is 6.69. The van der Waals surface area contributed by atoms with Gasteiger partial charge in [0, 0.05) is 11.8 Å². The number of nitrogens with zero attached hydrogens (tertiary/aromatic N) is 4. The molecule has 2 atom stereocenters. The Labute approximate surface area is 113 Å². The fraction of sp³-hybridized carbons (Fsp3) is 0.667. The Balaban J connectivity index is 1.67. The highest BCUT2D eigenvalue weighted by Gasteiger charge is 2.46. The van der Waals surface area contributed by atoms with Crippen LogP contribution in [0.5, 0.6) is 0 Å². The maximum Gasteiger partial charge on any atom is 0.307 e. The molecule has 1 N–H and O–H groups in total. The first kappa shape index (κ1) is 11.3. The van der Waals surface area contributed by atoms with Gasteiger partial charge in [-0.05, 0) is 19.3 Å². The summed E-state index contributed by atoms with van der Waals surface area (Å²) in [6.07, 6.45) is 5.53. The molecular weight excluding hydrogens is 264 g/mol. The predicted molar refractivity (Wildman–Crippen MR) is 68.4 cm³/mol. The molecule has 0 bridgehead atoms. The van der Waals surface area contributed by atoms with Gasteiger partial charge in [-0.15, -0.1) is 10.2 Å². The van der Waals surface area contributed by atoms with Crippen LogP contribution in [-0.2, 0) is 4.79 Å². The second-order valence-electron chi connectivity index (χ2n) is 5.46. The van der Waals surface area contributed by atoms with E-state index in [0.717, 1.165) is 28.6 Å². The van der Waals surface area contributed by atoms with E-state index in [2.05, 4.69) is 15.3 Å². The minimum atomic E-state index is -0.716. The van der Waals surface area contributed by atoms with Crippen LogP contribution < -0.4 is 0 Å². The number of hydrogen-bond acceptors (Lipinski definition) is 5. The van der Waals surface area contributed by atoms with Gasteiger partial charge in [0.25, 0.3) is 0 Å². The molecule has 0 aliphatic heterocycles. The van der Waals surface area contributed by atoms with Gasteiger partial charge in [0.15, 0.2) is 5.82 Å². The molecule has 19 heavy (non-hydrogen) atoms. The van der Waals surface area contributed by atoms with Crippen molar-refractivity contribution in [1.29, 1.82) is 0 Å². The number of hydrogen-bond donors (Lipinski definition) is 1. The highest BCUT2D eigenvalue weighted by molar-refractivity contribution is 7.16. The third kappa shape index (κ3) is 1.75. The summed E-state index contributed by atoms with van der Waals surface area (Å²) in [5.74, 6) is 0.549. The van der Waals surface area contributed by atoms with E-state index >= 15 is 0 Å². The number of rotatable bonds is 3. The molecule has 2 aliphatic carbocycles. The molecule has 2 saturated carbocycles. The zero-order chi connectivity index (χ0) is 13.0. The SMILES string of the molecule is O=C(O)C1CC1c1nn2c(C3CCCC3)nnc2s1. The van der Waals surface area contributed by atoms with E-state index in [0.29, 0.717) is 12.3 Å². The molecule has 6 nitrogen and oxygen atoms in total. The van der Waals surface area contributed by atoms with Gasteiger partial charge in [0.05, 0.1) is 5.92 Å². The van der Waals surface area contributed by atoms with E-state index in [-0.39, 0.29) is 11.8 Å². The van der Waals surface area contributed by atoms with Crippen LogP contribution in [0.1, 0.15) is 54.8 Å². The Kier molecular flexibility index (Phi) is 2.38. The average Bonchev–Trinajstić information content (AvgIpc) is 2.79. The summed E-state index contributed by atoms with van der Waals surface area (Å²) < 4.78 is 1.84. The summed E-state index contributed by atoms with van der Waals surface area (Å²) in [5, 5.41) is 22.9. The minimum absolute atomic E-state index is 0.0839. The highest BCUT2D eigenvalue weighted by Crippen LogP contribution is 2.48. The van der Waals surface area contributed by atoms with E-state index < -0.39 is 5.97 Å². The lowest BCUT2D eigenvalue weighted by Gasteiger charge is -2.03. The van der Waals surface area contributed by atoms with Crippen LogP contribution in [0.4, 0.5) is 0 Å². The van der Waals surface area contributed by atoms with Crippen LogP contribution in [0.2, 0.25) is 0 Å². The summed E-state index contributed by atoms with van der Waals surface area (Å²) in [6, 6.07) is 0. The average molecular weight is 278 g/mol. The van der Waals surface area contributed by atoms with Gasteiger partial charge in [0.1, 0.15) is 5.01 Å². The Morgan fingerprint density at radius 2 is 2.11 bits per heavy atom. The molecule has 7 heteroatoms. The molecular formula is C12H14N4O2S. The smallest absolute Gasteiger partial charge is 0.307 e. The van der Waals surface area contributed by atoms with Gasteiger partial charge in [-0.2, -0.15) is 9.61 Å². The Morgan fingerprint density at radius 3 is 2.79 bits per heavy atom. The molecule has 4 rings (SSSR count). The van der Waals surface area contributed by atoms with Crippen molar-refractivity contribution < 1.29 is 9.90 Å². The van der Waals surface area contributed by atoms with Crippen molar-refractivity contribution in [3.63, 3.8) is 0 Å². The Bertz CT molecular complexity index is 643. The normalized spacial score (nSPS) is 27.2. The molecule has 2 aromatic heterocycles. The van der Waals surface area contributed by atoms with Crippen LogP contribution in [0.3, 0.4) is 0 Å². The topological polar surface area (TPSA) is 80.4 Å². The quantitative estimate of drug-likeness (QED) is 0.929. The zero-order valence-electron chi connectivity index (χ0n) is 10.3. The van der Waals surface area contributed by atoms with Crippen LogP contribution in [0, 0.1) is 5.92 Å². The first-order chi connectivity index (χ1) is 9.24. The van der Waals surface area contributed by atoms with Crippen LogP contribution in [0.15, 0.2) is 0 Å². The van der Waals surface area contributed by atoms with Crippen molar-refractivity contribution in [1.82, 2.24) is 19.8 Å². The molecule has 0 aromatic carbocycles. The molecule has 2 aliphatic rings. The van der Waals surface area contributed by atoms with Gasteiger partial charge in [-0.1, -0.05) is 24.2 Å². The van der Waals surface area contributed by atoms with Crippen molar-refractivity contribution in [3.8, 4) is 0 Å². The molecule has 0 amide bonds. The summed E-state index contributed by atoms with van der Waals surface area (Å²) in [4.78, 5) is 11.7. The first-order valence-corrected chi connectivity index (χ1v) is 7.50. The number of aromatic nitrogens is 4. The monoisotopic (exact) mass is 278 g/mol. The summed E-state index contributed by atoms with van der Waals surface area (Å²) in [7, 11) is 0. The van der Waals surface area contributed by atoms with E-state index in [9.17, 15) is 4.79 Å². The van der Waals surface area contributed by atoms with E-state index in [1.165, 1.54) is 24.2 Å². The number of carboxylic acids is 1. The van der Waals surface area contributed by atoms with Crippen molar-refractivity contribution >= 4 is 22.3 Å². The van der Waals surface area contributed by atoms with E-state index in [1.54, 1.807) is 0 Å². The summed E-state index contributed by atoms with van der Waals surface area (Å²) in [5.41, 5.74) is 0. The number of aliphatic carboxylic acids is 1. The van der Waals surface area contributed by atoms with Gasteiger partial charge < -0.3 is 5.11 Å². The lowest BCUT2D eigenvalue weighted by atomic mass is 10.1. The molecule has 2 aromatic rings. The lowest BCUT2D eigenvalue weighted by Crippen LogP contribution is -2.02. The number of carboxylic acid groups (broad SMARTS) is 1. The molecule has 2 unspecified atom stereocenters. The van der Waals surface area contributed by atoms with E-state index in [4.69, 9.17) is 5.11 Å². The van der Waals surface area contributed by atoms with Gasteiger partial charge >= 0.3 is 5.97 Å². The summed E-state index contributed by atoms with van der Waals surface area (Å²) in [6.45, 7) is 0. The maximum atomic E-state index is 10.9.